The molecule has 3 rings (SSSR count). The molecule has 7 heteroatoms. The molecular weight excluding hydrogens is 292 g/mol. The van der Waals surface area contributed by atoms with Crippen LogP contribution < -0.4 is 5.32 Å². The minimum Gasteiger partial charge on any atom is -0.326 e. The molecular formula is C16H18N6O. The molecule has 0 aliphatic heterocycles. The predicted octanol–water partition coefficient (Wildman–Crippen LogP) is 1.80. The van der Waals surface area contributed by atoms with Crippen LogP contribution in [0.4, 0.5) is 5.69 Å². The van der Waals surface area contributed by atoms with Gasteiger partial charge in [-0.1, -0.05) is 0 Å². The van der Waals surface area contributed by atoms with Crippen molar-refractivity contribution < 1.29 is 4.79 Å². The number of hydrogen-bond acceptors (Lipinski definition) is 4. The molecule has 0 bridgehead atoms. The van der Waals surface area contributed by atoms with Crippen LogP contribution in [0.3, 0.4) is 0 Å². The number of carbonyl (C=O) groups is 1. The molecule has 0 unspecified atom stereocenters. The van der Waals surface area contributed by atoms with E-state index in [1.54, 1.807) is 17.2 Å². The van der Waals surface area contributed by atoms with Crippen molar-refractivity contribution in [2.45, 2.75) is 20.3 Å². The minimum absolute atomic E-state index is 0.122. The monoisotopic (exact) mass is 310 g/mol. The molecule has 0 saturated carbocycles. The Morgan fingerprint density at radius 1 is 1.17 bits per heavy atom. The predicted molar refractivity (Wildman–Crippen MR) is 86.4 cm³/mol. The number of rotatable bonds is 4. The lowest BCUT2D eigenvalue weighted by Gasteiger charge is -2.08. The van der Waals surface area contributed by atoms with Crippen LogP contribution in [-0.4, -0.2) is 30.2 Å². The quantitative estimate of drug-likeness (QED) is 0.797. The van der Waals surface area contributed by atoms with E-state index < -0.39 is 0 Å². The number of nitrogens with one attached hydrogen (secondary N) is 1. The zero-order chi connectivity index (χ0) is 16.4. The van der Waals surface area contributed by atoms with Gasteiger partial charge in [-0.05, 0) is 38.1 Å². The first-order valence-corrected chi connectivity index (χ1v) is 7.28. The van der Waals surface area contributed by atoms with Gasteiger partial charge in [-0.2, -0.15) is 0 Å². The number of benzene rings is 1. The summed E-state index contributed by atoms with van der Waals surface area (Å²) in [6.07, 6.45) is 3.57. The summed E-state index contributed by atoms with van der Waals surface area (Å²) in [5.41, 5.74) is 3.86. The van der Waals surface area contributed by atoms with Crippen molar-refractivity contribution in [2.24, 2.45) is 7.05 Å². The number of amides is 1. The minimum atomic E-state index is -0.122. The summed E-state index contributed by atoms with van der Waals surface area (Å²) >= 11 is 0. The molecule has 3 aromatic rings. The molecule has 118 valence electrons. The highest BCUT2D eigenvalue weighted by molar-refractivity contribution is 5.91. The third-order valence-corrected chi connectivity index (χ3v) is 3.80. The van der Waals surface area contributed by atoms with Crippen molar-refractivity contribution in [2.75, 3.05) is 5.32 Å². The Kier molecular flexibility index (Phi) is 3.92. The van der Waals surface area contributed by atoms with Gasteiger partial charge in [0.2, 0.25) is 5.91 Å². The normalized spacial score (nSPS) is 10.7. The Bertz CT molecular complexity index is 831. The van der Waals surface area contributed by atoms with E-state index in [0.717, 1.165) is 22.8 Å². The first-order valence-electron chi connectivity index (χ1n) is 7.28. The number of carbonyl (C=O) groups excluding carboxylic acids is 1. The van der Waals surface area contributed by atoms with Gasteiger partial charge in [0.15, 0.2) is 0 Å². The first kappa shape index (κ1) is 15.0. The number of anilines is 1. The molecule has 1 aromatic carbocycles. The summed E-state index contributed by atoms with van der Waals surface area (Å²) in [5, 5.41) is 10.5. The smallest absolute Gasteiger partial charge is 0.232 e. The zero-order valence-corrected chi connectivity index (χ0v) is 13.3. The molecule has 0 aliphatic carbocycles. The third kappa shape index (κ3) is 3.13. The van der Waals surface area contributed by atoms with E-state index in [2.05, 4.69) is 20.5 Å². The van der Waals surface area contributed by atoms with Gasteiger partial charge in [0.25, 0.3) is 0 Å². The Balaban J connectivity index is 1.69. The lowest BCUT2D eigenvalue weighted by molar-refractivity contribution is -0.115. The maximum atomic E-state index is 12.0. The summed E-state index contributed by atoms with van der Waals surface area (Å²) in [6, 6.07) is 7.65. The van der Waals surface area contributed by atoms with Crippen molar-refractivity contribution in [3.63, 3.8) is 0 Å². The maximum absolute atomic E-state index is 12.0. The van der Waals surface area contributed by atoms with Crippen molar-refractivity contribution in [1.29, 1.82) is 0 Å². The number of imidazole rings is 1. The molecule has 23 heavy (non-hydrogen) atoms. The van der Waals surface area contributed by atoms with E-state index in [9.17, 15) is 4.79 Å². The molecule has 0 spiro atoms. The Morgan fingerprint density at radius 2 is 1.91 bits per heavy atom. The van der Waals surface area contributed by atoms with Gasteiger partial charge in [-0.3, -0.25) is 4.79 Å². The Morgan fingerprint density at radius 3 is 2.48 bits per heavy atom. The lowest BCUT2D eigenvalue weighted by Crippen LogP contribution is -2.16. The molecule has 1 N–H and O–H groups in total. The highest BCUT2D eigenvalue weighted by Crippen LogP contribution is 2.16. The van der Waals surface area contributed by atoms with Gasteiger partial charge in [-0.15, -0.1) is 10.2 Å². The standard InChI is InChI=1S/C16H18N6O/c1-11-12(2)22(9-17-11)14-6-4-13(5-7-14)19-16(23)8-15-20-18-10-21(15)3/h4-7,9-10H,8H2,1-3H3,(H,19,23). The number of hydrogen-bond donors (Lipinski definition) is 1. The van der Waals surface area contributed by atoms with Crippen LogP contribution in [-0.2, 0) is 18.3 Å². The number of nitrogens with zero attached hydrogens (tertiary/aromatic N) is 5. The van der Waals surface area contributed by atoms with Crippen LogP contribution in [0.1, 0.15) is 17.2 Å². The van der Waals surface area contributed by atoms with Gasteiger partial charge >= 0.3 is 0 Å². The van der Waals surface area contributed by atoms with E-state index in [-0.39, 0.29) is 12.3 Å². The van der Waals surface area contributed by atoms with E-state index in [0.29, 0.717) is 5.82 Å². The average Bonchev–Trinajstić information content (AvgIpc) is 3.07. The van der Waals surface area contributed by atoms with Gasteiger partial charge < -0.3 is 14.5 Å². The summed E-state index contributed by atoms with van der Waals surface area (Å²) in [4.78, 5) is 16.3. The Hall–Kier alpha value is -2.96. The summed E-state index contributed by atoms with van der Waals surface area (Å²) < 4.78 is 3.74. The molecule has 2 heterocycles. The van der Waals surface area contributed by atoms with Crippen LogP contribution in [0.25, 0.3) is 5.69 Å². The summed E-state index contributed by atoms with van der Waals surface area (Å²) in [7, 11) is 1.81. The molecule has 0 atom stereocenters. The fourth-order valence-electron chi connectivity index (χ4n) is 2.28. The largest absolute Gasteiger partial charge is 0.326 e. The maximum Gasteiger partial charge on any atom is 0.232 e. The van der Waals surface area contributed by atoms with Gasteiger partial charge in [0.1, 0.15) is 12.2 Å². The molecule has 2 aromatic heterocycles. The molecule has 0 fully saturated rings. The second-order valence-corrected chi connectivity index (χ2v) is 5.42. The van der Waals surface area contributed by atoms with Crippen LogP contribution >= 0.6 is 0 Å². The highest BCUT2D eigenvalue weighted by Gasteiger charge is 2.09. The summed E-state index contributed by atoms with van der Waals surface area (Å²) in [6.45, 7) is 4.01. The second-order valence-electron chi connectivity index (χ2n) is 5.42. The molecule has 0 aliphatic rings. The van der Waals surface area contributed by atoms with Crippen LogP contribution in [0.5, 0.6) is 0 Å². The molecule has 0 radical (unpaired) electrons. The molecule has 0 saturated heterocycles. The van der Waals surface area contributed by atoms with Crippen molar-refractivity contribution >= 4 is 11.6 Å². The van der Waals surface area contributed by atoms with E-state index in [1.807, 2.05) is 49.7 Å². The van der Waals surface area contributed by atoms with Crippen LogP contribution in [0.15, 0.2) is 36.9 Å². The topological polar surface area (TPSA) is 77.6 Å². The molecule has 7 nitrogen and oxygen atoms in total. The average molecular weight is 310 g/mol. The van der Waals surface area contributed by atoms with Gasteiger partial charge in [-0.25, -0.2) is 4.98 Å². The fraction of sp³-hybridized carbons (Fsp3) is 0.250. The Labute approximate surface area is 134 Å². The van der Waals surface area contributed by atoms with Crippen LogP contribution in [0, 0.1) is 13.8 Å². The van der Waals surface area contributed by atoms with Gasteiger partial charge in [0.05, 0.1) is 18.4 Å². The first-order chi connectivity index (χ1) is 11.0. The number of aryl methyl sites for hydroxylation is 2. The lowest BCUT2D eigenvalue weighted by atomic mass is 10.2. The highest BCUT2D eigenvalue weighted by atomic mass is 16.1. The van der Waals surface area contributed by atoms with Gasteiger partial charge in [0, 0.05) is 24.1 Å². The van der Waals surface area contributed by atoms with Crippen molar-refractivity contribution in [1.82, 2.24) is 24.3 Å². The third-order valence-electron chi connectivity index (χ3n) is 3.80. The zero-order valence-electron chi connectivity index (χ0n) is 13.3. The van der Waals surface area contributed by atoms with Crippen molar-refractivity contribution in [3.8, 4) is 5.69 Å². The number of aromatic nitrogens is 5. The molecule has 1 amide bonds. The summed E-state index contributed by atoms with van der Waals surface area (Å²) in [5.74, 6) is 0.507. The van der Waals surface area contributed by atoms with Crippen LogP contribution in [0.2, 0.25) is 0 Å². The second kappa shape index (κ2) is 6.04. The van der Waals surface area contributed by atoms with Crippen molar-refractivity contribution in [3.05, 3.63) is 54.1 Å². The SMILES string of the molecule is Cc1ncn(-c2ccc(NC(=O)Cc3nncn3C)cc2)c1C. The van der Waals surface area contributed by atoms with E-state index in [1.165, 1.54) is 0 Å². The fourth-order valence-corrected chi connectivity index (χ4v) is 2.28. The van der Waals surface area contributed by atoms with E-state index >= 15 is 0 Å². The van der Waals surface area contributed by atoms with E-state index in [4.69, 9.17) is 0 Å².